The SMILES string of the molecule is CCCC1NC(C(C)C)C(=O)N1CC(CC)CC. The number of rotatable bonds is 7. The van der Waals surface area contributed by atoms with Gasteiger partial charge in [0.2, 0.25) is 5.91 Å². The molecule has 0 spiro atoms. The van der Waals surface area contributed by atoms with Gasteiger partial charge in [-0.3, -0.25) is 10.1 Å². The van der Waals surface area contributed by atoms with E-state index in [9.17, 15) is 4.79 Å². The van der Waals surface area contributed by atoms with Gasteiger partial charge in [0.1, 0.15) is 0 Å². The van der Waals surface area contributed by atoms with Gasteiger partial charge in [0.05, 0.1) is 12.2 Å². The lowest BCUT2D eigenvalue weighted by Gasteiger charge is -2.27. The summed E-state index contributed by atoms with van der Waals surface area (Å²) in [5.74, 6) is 1.33. The molecule has 2 unspecified atom stereocenters. The molecule has 3 nitrogen and oxygen atoms in total. The van der Waals surface area contributed by atoms with Crippen molar-refractivity contribution >= 4 is 5.91 Å². The van der Waals surface area contributed by atoms with E-state index in [0.717, 1.165) is 32.2 Å². The van der Waals surface area contributed by atoms with E-state index < -0.39 is 0 Å². The van der Waals surface area contributed by atoms with Crippen LogP contribution in [0, 0.1) is 11.8 Å². The molecule has 0 bridgehead atoms. The van der Waals surface area contributed by atoms with Gasteiger partial charge in [0.25, 0.3) is 0 Å². The zero-order valence-corrected chi connectivity index (χ0v) is 12.7. The number of carbonyl (C=O) groups is 1. The van der Waals surface area contributed by atoms with E-state index in [1.54, 1.807) is 0 Å². The normalized spacial score (nSPS) is 24.6. The van der Waals surface area contributed by atoms with Gasteiger partial charge in [0, 0.05) is 6.54 Å². The lowest BCUT2D eigenvalue weighted by molar-refractivity contribution is -0.131. The summed E-state index contributed by atoms with van der Waals surface area (Å²) < 4.78 is 0. The summed E-state index contributed by atoms with van der Waals surface area (Å²) in [5.41, 5.74) is 0. The van der Waals surface area contributed by atoms with E-state index in [0.29, 0.717) is 17.7 Å². The molecule has 1 heterocycles. The summed E-state index contributed by atoms with van der Waals surface area (Å²) in [6, 6.07) is 0.0240. The van der Waals surface area contributed by atoms with Gasteiger partial charge in [-0.2, -0.15) is 0 Å². The molecule has 1 aliphatic heterocycles. The molecule has 0 saturated carbocycles. The summed E-state index contributed by atoms with van der Waals surface area (Å²) in [4.78, 5) is 14.6. The average Bonchev–Trinajstić information content (AvgIpc) is 2.64. The number of carbonyl (C=O) groups excluding carboxylic acids is 1. The molecule has 1 rings (SSSR count). The Morgan fingerprint density at radius 2 is 1.83 bits per heavy atom. The van der Waals surface area contributed by atoms with Crippen molar-refractivity contribution in [2.45, 2.75) is 72.5 Å². The predicted octanol–water partition coefficient (Wildman–Crippen LogP) is 3.01. The maximum atomic E-state index is 12.5. The van der Waals surface area contributed by atoms with Crippen molar-refractivity contribution in [1.82, 2.24) is 10.2 Å². The van der Waals surface area contributed by atoms with Gasteiger partial charge in [-0.15, -0.1) is 0 Å². The van der Waals surface area contributed by atoms with Crippen molar-refractivity contribution in [2.75, 3.05) is 6.54 Å². The van der Waals surface area contributed by atoms with Crippen LogP contribution in [-0.4, -0.2) is 29.6 Å². The van der Waals surface area contributed by atoms with Crippen LogP contribution in [0.4, 0.5) is 0 Å². The molecule has 0 aromatic heterocycles. The molecule has 1 N–H and O–H groups in total. The standard InChI is InChI=1S/C15H30N2O/c1-6-9-13-16-14(11(4)5)15(18)17(13)10-12(7-2)8-3/h11-14,16H,6-10H2,1-5H3. The second-order valence-corrected chi connectivity index (χ2v) is 5.87. The molecule has 1 saturated heterocycles. The minimum atomic E-state index is 0.0240. The molecule has 2 atom stereocenters. The topological polar surface area (TPSA) is 32.3 Å². The van der Waals surface area contributed by atoms with Gasteiger partial charge in [-0.05, 0) is 18.3 Å². The maximum Gasteiger partial charge on any atom is 0.241 e. The number of hydrogen-bond donors (Lipinski definition) is 1. The summed E-state index contributed by atoms with van der Waals surface area (Å²) in [6.45, 7) is 11.8. The quantitative estimate of drug-likeness (QED) is 0.757. The third-order valence-electron chi connectivity index (χ3n) is 4.14. The van der Waals surface area contributed by atoms with Crippen molar-refractivity contribution in [2.24, 2.45) is 11.8 Å². The monoisotopic (exact) mass is 254 g/mol. The van der Waals surface area contributed by atoms with Crippen LogP contribution >= 0.6 is 0 Å². The zero-order valence-electron chi connectivity index (χ0n) is 12.7. The Balaban J connectivity index is 2.74. The van der Waals surface area contributed by atoms with Crippen molar-refractivity contribution in [3.8, 4) is 0 Å². The smallest absolute Gasteiger partial charge is 0.241 e. The Labute approximate surface area is 112 Å². The first kappa shape index (κ1) is 15.5. The Hall–Kier alpha value is -0.570. The van der Waals surface area contributed by atoms with Gasteiger partial charge in [-0.25, -0.2) is 0 Å². The van der Waals surface area contributed by atoms with Crippen LogP contribution in [0.1, 0.15) is 60.3 Å². The Kier molecular flexibility index (Phi) is 6.13. The molecular weight excluding hydrogens is 224 g/mol. The highest BCUT2D eigenvalue weighted by Crippen LogP contribution is 2.22. The van der Waals surface area contributed by atoms with E-state index in [4.69, 9.17) is 0 Å². The van der Waals surface area contributed by atoms with Crippen LogP contribution < -0.4 is 5.32 Å². The Morgan fingerprint density at radius 1 is 1.22 bits per heavy atom. The molecule has 106 valence electrons. The van der Waals surface area contributed by atoms with E-state index in [-0.39, 0.29) is 12.2 Å². The van der Waals surface area contributed by atoms with Crippen molar-refractivity contribution in [1.29, 1.82) is 0 Å². The molecule has 1 amide bonds. The number of nitrogens with zero attached hydrogens (tertiary/aromatic N) is 1. The fourth-order valence-corrected chi connectivity index (χ4v) is 2.73. The van der Waals surface area contributed by atoms with Crippen LogP contribution in [0.15, 0.2) is 0 Å². The van der Waals surface area contributed by atoms with Gasteiger partial charge in [0.15, 0.2) is 0 Å². The fourth-order valence-electron chi connectivity index (χ4n) is 2.73. The Morgan fingerprint density at radius 3 is 2.28 bits per heavy atom. The molecule has 1 fully saturated rings. The van der Waals surface area contributed by atoms with E-state index in [1.165, 1.54) is 0 Å². The molecule has 0 aromatic rings. The molecule has 0 radical (unpaired) electrons. The molecule has 18 heavy (non-hydrogen) atoms. The fraction of sp³-hybridized carbons (Fsp3) is 0.933. The first-order valence-corrected chi connectivity index (χ1v) is 7.61. The van der Waals surface area contributed by atoms with E-state index in [2.05, 4.69) is 44.8 Å². The minimum Gasteiger partial charge on any atom is -0.326 e. The van der Waals surface area contributed by atoms with Gasteiger partial charge < -0.3 is 4.90 Å². The first-order chi connectivity index (χ1) is 8.54. The van der Waals surface area contributed by atoms with Crippen molar-refractivity contribution < 1.29 is 4.79 Å². The average molecular weight is 254 g/mol. The maximum absolute atomic E-state index is 12.5. The third kappa shape index (κ3) is 3.47. The van der Waals surface area contributed by atoms with Gasteiger partial charge in [-0.1, -0.05) is 53.9 Å². The summed E-state index contributed by atoms with van der Waals surface area (Å²) in [6.07, 6.45) is 4.76. The van der Waals surface area contributed by atoms with Crippen LogP contribution in [0.2, 0.25) is 0 Å². The summed E-state index contributed by atoms with van der Waals surface area (Å²) >= 11 is 0. The predicted molar refractivity (Wildman–Crippen MR) is 76.2 cm³/mol. The second kappa shape index (κ2) is 7.13. The minimum absolute atomic E-state index is 0.0240. The van der Waals surface area contributed by atoms with Crippen LogP contribution in [0.25, 0.3) is 0 Å². The van der Waals surface area contributed by atoms with Crippen LogP contribution in [0.3, 0.4) is 0 Å². The van der Waals surface area contributed by atoms with Crippen LogP contribution in [-0.2, 0) is 4.79 Å². The zero-order chi connectivity index (χ0) is 13.7. The number of nitrogens with one attached hydrogen (secondary N) is 1. The number of amides is 1. The lowest BCUT2D eigenvalue weighted by atomic mass is 10.0. The molecule has 3 heteroatoms. The first-order valence-electron chi connectivity index (χ1n) is 7.61. The molecule has 0 aliphatic carbocycles. The van der Waals surface area contributed by atoms with Crippen LogP contribution in [0.5, 0.6) is 0 Å². The highest BCUT2D eigenvalue weighted by molar-refractivity contribution is 5.84. The molecule has 1 aliphatic rings. The second-order valence-electron chi connectivity index (χ2n) is 5.87. The third-order valence-corrected chi connectivity index (χ3v) is 4.14. The summed E-state index contributed by atoms with van der Waals surface area (Å²) in [7, 11) is 0. The Bertz CT molecular complexity index is 261. The van der Waals surface area contributed by atoms with E-state index >= 15 is 0 Å². The van der Waals surface area contributed by atoms with Crippen molar-refractivity contribution in [3.63, 3.8) is 0 Å². The molecular formula is C15H30N2O. The highest BCUT2D eigenvalue weighted by Gasteiger charge is 2.39. The highest BCUT2D eigenvalue weighted by atomic mass is 16.2. The lowest BCUT2D eigenvalue weighted by Crippen LogP contribution is -2.40. The number of hydrogen-bond acceptors (Lipinski definition) is 2. The van der Waals surface area contributed by atoms with Crippen molar-refractivity contribution in [3.05, 3.63) is 0 Å². The van der Waals surface area contributed by atoms with E-state index in [1.807, 2.05) is 0 Å². The largest absolute Gasteiger partial charge is 0.326 e. The molecule has 0 aromatic carbocycles. The summed E-state index contributed by atoms with van der Waals surface area (Å²) in [5, 5.41) is 3.52. The van der Waals surface area contributed by atoms with Gasteiger partial charge >= 0.3 is 0 Å².